The van der Waals surface area contributed by atoms with E-state index in [0.29, 0.717) is 11.2 Å². The Bertz CT molecular complexity index is 563. The van der Waals surface area contributed by atoms with Crippen LogP contribution in [0.25, 0.3) is 10.9 Å². The van der Waals surface area contributed by atoms with Gasteiger partial charge in [-0.2, -0.15) is 0 Å². The van der Waals surface area contributed by atoms with Gasteiger partial charge in [-0.15, -0.1) is 0 Å². The molecule has 0 atom stereocenters. The predicted octanol–water partition coefficient (Wildman–Crippen LogP) is 3.77. The van der Waals surface area contributed by atoms with Crippen LogP contribution in [0.2, 0.25) is 0 Å². The number of hydrogen-bond acceptors (Lipinski definition) is 2. The Balaban J connectivity index is 2.69. The number of aromatic hydroxyl groups is 1. The average Bonchev–Trinajstić information content (AvgIpc) is 2.28. The molecule has 2 nitrogen and oxygen atoms in total. The molecule has 0 saturated heterocycles. The molecule has 0 saturated carbocycles. The number of nitrogens with zero attached hydrogens (tertiary/aromatic N) is 1. The Morgan fingerprint density at radius 1 is 1.29 bits per heavy atom. The first-order valence-corrected chi connectivity index (χ1v) is 5.74. The third kappa shape index (κ3) is 2.09. The predicted molar refractivity (Wildman–Crippen MR) is 66.7 cm³/mol. The lowest BCUT2D eigenvalue weighted by Gasteiger charge is -2.23. The molecule has 0 aliphatic heterocycles. The van der Waals surface area contributed by atoms with Crippen molar-refractivity contribution in [3.8, 4) is 5.75 Å². The summed E-state index contributed by atoms with van der Waals surface area (Å²) >= 11 is 0. The van der Waals surface area contributed by atoms with Gasteiger partial charge in [-0.25, -0.2) is 9.37 Å². The molecule has 3 heteroatoms. The van der Waals surface area contributed by atoms with Gasteiger partial charge in [-0.05, 0) is 24.6 Å². The fourth-order valence-corrected chi connectivity index (χ4v) is 1.79. The molecule has 2 rings (SSSR count). The van der Waals surface area contributed by atoms with E-state index in [9.17, 15) is 9.50 Å². The molecule has 90 valence electrons. The van der Waals surface area contributed by atoms with Gasteiger partial charge in [0.25, 0.3) is 0 Å². The molecular weight excluding hydrogens is 217 g/mol. The van der Waals surface area contributed by atoms with Gasteiger partial charge in [0.05, 0.1) is 11.2 Å². The van der Waals surface area contributed by atoms with Crippen LogP contribution in [0.15, 0.2) is 24.3 Å². The highest BCUT2D eigenvalue weighted by molar-refractivity contribution is 5.80. The summed E-state index contributed by atoms with van der Waals surface area (Å²) in [6, 6.07) is 6.03. The quantitative estimate of drug-likeness (QED) is 0.856. The second kappa shape index (κ2) is 3.99. The summed E-state index contributed by atoms with van der Waals surface area (Å²) in [4.78, 5) is 4.39. The van der Waals surface area contributed by atoms with E-state index in [1.165, 1.54) is 12.1 Å². The molecule has 1 heterocycles. The third-order valence-corrected chi connectivity index (χ3v) is 3.28. The molecule has 0 bridgehead atoms. The van der Waals surface area contributed by atoms with Gasteiger partial charge in [0.2, 0.25) is 0 Å². The van der Waals surface area contributed by atoms with Crippen LogP contribution in [0.5, 0.6) is 5.75 Å². The summed E-state index contributed by atoms with van der Waals surface area (Å²) in [7, 11) is 0. The van der Waals surface area contributed by atoms with Crippen molar-refractivity contribution in [2.75, 3.05) is 0 Å². The van der Waals surface area contributed by atoms with E-state index >= 15 is 0 Å². The van der Waals surface area contributed by atoms with E-state index < -0.39 is 0 Å². The van der Waals surface area contributed by atoms with Crippen LogP contribution in [-0.4, -0.2) is 10.1 Å². The van der Waals surface area contributed by atoms with Crippen LogP contribution in [0, 0.1) is 5.82 Å². The number of halogens is 1. The van der Waals surface area contributed by atoms with Crippen LogP contribution >= 0.6 is 0 Å². The minimum Gasteiger partial charge on any atom is -0.506 e. The van der Waals surface area contributed by atoms with Crippen LogP contribution in [-0.2, 0) is 5.41 Å². The fourth-order valence-electron chi connectivity index (χ4n) is 1.79. The third-order valence-electron chi connectivity index (χ3n) is 3.28. The largest absolute Gasteiger partial charge is 0.506 e. The van der Waals surface area contributed by atoms with Crippen molar-refractivity contribution in [3.63, 3.8) is 0 Å². The van der Waals surface area contributed by atoms with Crippen LogP contribution in [0.1, 0.15) is 32.9 Å². The summed E-state index contributed by atoms with van der Waals surface area (Å²) in [5.41, 5.74) is 0.988. The van der Waals surface area contributed by atoms with Gasteiger partial charge in [-0.3, -0.25) is 0 Å². The number of rotatable bonds is 2. The van der Waals surface area contributed by atoms with E-state index in [2.05, 4.69) is 4.98 Å². The minimum atomic E-state index is -0.309. The van der Waals surface area contributed by atoms with Gasteiger partial charge in [0.15, 0.2) is 0 Å². The van der Waals surface area contributed by atoms with E-state index in [4.69, 9.17) is 0 Å². The highest BCUT2D eigenvalue weighted by Crippen LogP contribution is 2.34. The minimum absolute atomic E-state index is 0.177. The van der Waals surface area contributed by atoms with Crippen molar-refractivity contribution in [1.29, 1.82) is 0 Å². The maximum Gasteiger partial charge on any atom is 0.138 e. The lowest BCUT2D eigenvalue weighted by atomic mass is 9.85. The number of pyridine rings is 1. The number of fused-ring (bicyclic) bond motifs is 1. The van der Waals surface area contributed by atoms with Crippen molar-refractivity contribution < 1.29 is 9.50 Å². The Kier molecular flexibility index (Phi) is 2.77. The second-order valence-electron chi connectivity index (χ2n) is 4.93. The van der Waals surface area contributed by atoms with Gasteiger partial charge < -0.3 is 5.11 Å². The first-order chi connectivity index (χ1) is 7.94. The Morgan fingerprint density at radius 3 is 2.65 bits per heavy atom. The standard InChI is InChI=1S/C14H16FNO/c1-4-14(2,3)13-12(17)7-9-5-6-10(15)8-11(9)16-13/h5-8,17H,4H2,1-3H3. The number of benzene rings is 1. The fraction of sp³-hybridized carbons (Fsp3) is 0.357. The molecule has 0 spiro atoms. The maximum atomic E-state index is 13.1. The van der Waals surface area contributed by atoms with Crippen molar-refractivity contribution in [1.82, 2.24) is 4.98 Å². The van der Waals surface area contributed by atoms with Crippen LogP contribution < -0.4 is 0 Å². The number of aromatic nitrogens is 1. The van der Waals surface area contributed by atoms with Gasteiger partial charge >= 0.3 is 0 Å². The highest BCUT2D eigenvalue weighted by Gasteiger charge is 2.24. The molecule has 1 N–H and O–H groups in total. The lowest BCUT2D eigenvalue weighted by Crippen LogP contribution is -2.17. The van der Waals surface area contributed by atoms with E-state index in [1.807, 2.05) is 20.8 Å². The molecule has 0 fully saturated rings. The summed E-state index contributed by atoms with van der Waals surface area (Å²) in [6.45, 7) is 6.07. The SMILES string of the molecule is CCC(C)(C)c1nc2cc(F)ccc2cc1O. The molecule has 0 aliphatic carbocycles. The molecule has 0 aliphatic rings. The first kappa shape index (κ1) is 11.8. The monoisotopic (exact) mass is 233 g/mol. The molecule has 2 aromatic rings. The normalized spacial score (nSPS) is 12.0. The molecule has 17 heavy (non-hydrogen) atoms. The molecule has 1 aromatic carbocycles. The smallest absolute Gasteiger partial charge is 0.138 e. The Labute approximate surface area is 100 Å². The molecular formula is C14H16FNO. The Hall–Kier alpha value is -1.64. The molecule has 0 unspecified atom stereocenters. The molecule has 0 radical (unpaired) electrons. The van der Waals surface area contributed by atoms with E-state index in [1.54, 1.807) is 12.1 Å². The van der Waals surface area contributed by atoms with Crippen LogP contribution in [0.4, 0.5) is 4.39 Å². The second-order valence-corrected chi connectivity index (χ2v) is 4.93. The van der Waals surface area contributed by atoms with Crippen molar-refractivity contribution in [2.24, 2.45) is 0 Å². The molecule has 0 amide bonds. The van der Waals surface area contributed by atoms with Crippen molar-refractivity contribution in [3.05, 3.63) is 35.8 Å². The zero-order valence-electron chi connectivity index (χ0n) is 10.3. The zero-order chi connectivity index (χ0) is 12.6. The van der Waals surface area contributed by atoms with Crippen molar-refractivity contribution in [2.45, 2.75) is 32.6 Å². The first-order valence-electron chi connectivity index (χ1n) is 5.74. The lowest BCUT2D eigenvalue weighted by molar-refractivity contribution is 0.419. The van der Waals surface area contributed by atoms with E-state index in [-0.39, 0.29) is 17.0 Å². The summed E-state index contributed by atoms with van der Waals surface area (Å²) in [5.74, 6) is -0.132. The maximum absolute atomic E-state index is 13.1. The van der Waals surface area contributed by atoms with Gasteiger partial charge in [-0.1, -0.05) is 20.8 Å². The summed E-state index contributed by atoms with van der Waals surface area (Å²) in [5, 5.41) is 10.7. The van der Waals surface area contributed by atoms with Gasteiger partial charge in [0, 0.05) is 16.9 Å². The summed E-state index contributed by atoms with van der Waals surface area (Å²) < 4.78 is 13.1. The zero-order valence-corrected chi connectivity index (χ0v) is 10.3. The van der Waals surface area contributed by atoms with Crippen molar-refractivity contribution >= 4 is 10.9 Å². The average molecular weight is 233 g/mol. The van der Waals surface area contributed by atoms with E-state index in [0.717, 1.165) is 11.8 Å². The summed E-state index contributed by atoms with van der Waals surface area (Å²) in [6.07, 6.45) is 0.856. The Morgan fingerprint density at radius 2 is 2.00 bits per heavy atom. The van der Waals surface area contributed by atoms with Crippen LogP contribution in [0.3, 0.4) is 0 Å². The topological polar surface area (TPSA) is 33.1 Å². The van der Waals surface area contributed by atoms with Gasteiger partial charge in [0.1, 0.15) is 11.6 Å². The number of hydrogen-bond donors (Lipinski definition) is 1. The highest BCUT2D eigenvalue weighted by atomic mass is 19.1. The molecule has 1 aromatic heterocycles.